The molecule has 0 spiro atoms. The highest BCUT2D eigenvalue weighted by Gasteiger charge is 2.10. The number of benzene rings is 2. The zero-order valence-electron chi connectivity index (χ0n) is 10.4. The Hall–Kier alpha value is -2.29. The van der Waals surface area contributed by atoms with E-state index < -0.39 is 0 Å². The first-order chi connectivity index (χ1) is 9.25. The van der Waals surface area contributed by atoms with Crippen LogP contribution in [0.15, 0.2) is 60.8 Å². The number of fused-ring (bicyclic) bond motifs is 1. The van der Waals surface area contributed by atoms with Gasteiger partial charge in [0.15, 0.2) is 7.85 Å². The van der Waals surface area contributed by atoms with Gasteiger partial charge in [-0.25, -0.2) is 0 Å². The molecule has 1 aromatic heterocycles. The van der Waals surface area contributed by atoms with Crippen LogP contribution in [-0.4, -0.2) is 18.1 Å². The van der Waals surface area contributed by atoms with Crippen molar-refractivity contribution in [1.29, 1.82) is 0 Å². The van der Waals surface area contributed by atoms with Crippen LogP contribution in [0.2, 0.25) is 0 Å². The van der Waals surface area contributed by atoms with Gasteiger partial charge in [0, 0.05) is 29.2 Å². The monoisotopic (exact) mass is 245 g/mol. The molecule has 0 amide bonds. The SMILES string of the molecule is [B]C(=O)c1cn(Cc2ccccc2)c2ccccc12. The molecule has 3 rings (SSSR count). The van der Waals surface area contributed by atoms with Crippen molar-refractivity contribution in [3.63, 3.8) is 0 Å². The molecule has 0 unspecified atom stereocenters. The topological polar surface area (TPSA) is 22.0 Å². The molecule has 3 heteroatoms. The Balaban J connectivity index is 2.11. The summed E-state index contributed by atoms with van der Waals surface area (Å²) in [5.41, 5.74) is 2.41. The number of carbonyl (C=O) groups is 1. The quantitative estimate of drug-likeness (QED) is 0.650. The Kier molecular flexibility index (Phi) is 2.96. The van der Waals surface area contributed by atoms with Crippen LogP contribution < -0.4 is 0 Å². The number of nitrogens with zero attached hydrogens (tertiary/aromatic N) is 1. The van der Waals surface area contributed by atoms with Crippen LogP contribution in [0.4, 0.5) is 0 Å². The van der Waals surface area contributed by atoms with Crippen molar-refractivity contribution in [1.82, 2.24) is 4.57 Å². The van der Waals surface area contributed by atoms with Gasteiger partial charge in [-0.3, -0.25) is 0 Å². The summed E-state index contributed by atoms with van der Waals surface area (Å²) in [6.07, 6.45) is 1.83. The van der Waals surface area contributed by atoms with E-state index in [1.54, 1.807) is 0 Å². The molecule has 1 heterocycles. The van der Waals surface area contributed by atoms with Gasteiger partial charge in [0.25, 0.3) is 0 Å². The predicted molar refractivity (Wildman–Crippen MR) is 77.6 cm³/mol. The Morgan fingerprint density at radius 2 is 1.68 bits per heavy atom. The van der Waals surface area contributed by atoms with Crippen LogP contribution in [0.5, 0.6) is 0 Å². The average molecular weight is 245 g/mol. The molecular weight excluding hydrogens is 233 g/mol. The smallest absolute Gasteiger partial charge is 0.175 e. The third-order valence-corrected chi connectivity index (χ3v) is 3.25. The third kappa shape index (κ3) is 2.19. The van der Waals surface area contributed by atoms with Crippen molar-refractivity contribution >= 4 is 24.4 Å². The normalized spacial score (nSPS) is 10.7. The van der Waals surface area contributed by atoms with E-state index in [0.717, 1.165) is 17.4 Å². The number of hydrogen-bond donors (Lipinski definition) is 0. The Bertz CT molecular complexity index is 731. The summed E-state index contributed by atoms with van der Waals surface area (Å²) in [6, 6.07) is 18.0. The molecule has 19 heavy (non-hydrogen) atoms. The van der Waals surface area contributed by atoms with E-state index in [1.165, 1.54) is 5.56 Å². The molecule has 0 saturated carbocycles. The molecule has 3 aromatic rings. The Morgan fingerprint density at radius 1 is 1.00 bits per heavy atom. The highest BCUT2D eigenvalue weighted by atomic mass is 16.1. The summed E-state index contributed by atoms with van der Waals surface area (Å²) in [5, 5.41) is 0.908. The first-order valence-corrected chi connectivity index (χ1v) is 6.17. The molecule has 0 atom stereocenters. The minimum absolute atomic E-state index is 0.386. The maximum Gasteiger partial charge on any atom is 0.175 e. The second kappa shape index (κ2) is 4.77. The fraction of sp³-hybridized carbons (Fsp3) is 0.0625. The summed E-state index contributed by atoms with van der Waals surface area (Å²) in [6.45, 7) is 0.731. The molecular formula is C16H12BNO. The Morgan fingerprint density at radius 3 is 2.42 bits per heavy atom. The van der Waals surface area contributed by atoms with Gasteiger partial charge < -0.3 is 9.36 Å². The fourth-order valence-electron chi connectivity index (χ4n) is 2.35. The highest BCUT2D eigenvalue weighted by molar-refractivity contribution is 6.63. The molecule has 90 valence electrons. The lowest BCUT2D eigenvalue weighted by Crippen LogP contribution is -1.98. The summed E-state index contributed by atoms with van der Waals surface area (Å²) in [4.78, 5) is 11.5. The van der Waals surface area contributed by atoms with Gasteiger partial charge in [0.2, 0.25) is 0 Å². The van der Waals surface area contributed by atoms with Crippen molar-refractivity contribution in [2.45, 2.75) is 6.54 Å². The second-order valence-electron chi connectivity index (χ2n) is 4.54. The summed E-state index contributed by atoms with van der Waals surface area (Å²) in [5.74, 6) is 0. The fourth-order valence-corrected chi connectivity index (χ4v) is 2.35. The molecule has 0 aliphatic carbocycles. The molecule has 0 aliphatic rings. The lowest BCUT2D eigenvalue weighted by atomic mass is 9.95. The van der Waals surface area contributed by atoms with Crippen molar-refractivity contribution < 1.29 is 4.79 Å². The molecule has 2 radical (unpaired) electrons. The third-order valence-electron chi connectivity index (χ3n) is 3.25. The van der Waals surface area contributed by atoms with Crippen LogP contribution in [0.25, 0.3) is 10.9 Å². The molecule has 2 nitrogen and oxygen atoms in total. The molecule has 0 aliphatic heterocycles. The van der Waals surface area contributed by atoms with E-state index in [0.29, 0.717) is 5.56 Å². The van der Waals surface area contributed by atoms with Crippen molar-refractivity contribution in [3.8, 4) is 0 Å². The predicted octanol–water partition coefficient (Wildman–Crippen LogP) is 3.00. The number of rotatable bonds is 3. The van der Waals surface area contributed by atoms with Crippen LogP contribution >= 0.6 is 0 Å². The molecule has 0 fully saturated rings. The van der Waals surface area contributed by atoms with E-state index in [-0.39, 0.29) is 5.68 Å². The van der Waals surface area contributed by atoms with Crippen molar-refractivity contribution in [2.24, 2.45) is 0 Å². The summed E-state index contributed by atoms with van der Waals surface area (Å²) >= 11 is 0. The summed E-state index contributed by atoms with van der Waals surface area (Å²) < 4.78 is 2.06. The largest absolute Gasteiger partial charge is 0.342 e. The number of aromatic nitrogens is 1. The molecule has 0 bridgehead atoms. The van der Waals surface area contributed by atoms with Gasteiger partial charge in [-0.15, -0.1) is 0 Å². The van der Waals surface area contributed by atoms with Crippen LogP contribution in [0.1, 0.15) is 15.9 Å². The van der Waals surface area contributed by atoms with Crippen LogP contribution in [0, 0.1) is 0 Å². The van der Waals surface area contributed by atoms with Gasteiger partial charge in [-0.2, -0.15) is 0 Å². The van der Waals surface area contributed by atoms with Gasteiger partial charge in [-0.1, -0.05) is 48.5 Å². The maximum absolute atomic E-state index is 11.5. The van der Waals surface area contributed by atoms with E-state index in [4.69, 9.17) is 7.85 Å². The van der Waals surface area contributed by atoms with Gasteiger partial charge in [-0.05, 0) is 11.6 Å². The maximum atomic E-state index is 11.5. The number of hydrogen-bond acceptors (Lipinski definition) is 1. The lowest BCUT2D eigenvalue weighted by molar-refractivity contribution is 0.108. The van der Waals surface area contributed by atoms with E-state index in [1.807, 2.05) is 48.7 Å². The zero-order chi connectivity index (χ0) is 13.2. The van der Waals surface area contributed by atoms with E-state index in [2.05, 4.69) is 16.7 Å². The average Bonchev–Trinajstić information content (AvgIpc) is 2.79. The Labute approximate surface area is 113 Å². The minimum atomic E-state index is -0.386. The number of para-hydroxylation sites is 1. The van der Waals surface area contributed by atoms with Crippen molar-refractivity contribution in [3.05, 3.63) is 71.9 Å². The summed E-state index contributed by atoms with van der Waals surface area (Å²) in [7, 11) is 5.43. The molecule has 2 aromatic carbocycles. The van der Waals surface area contributed by atoms with E-state index >= 15 is 0 Å². The van der Waals surface area contributed by atoms with Gasteiger partial charge in [0.1, 0.15) is 5.68 Å². The standard InChI is InChI=1S/C16H12BNO/c17-16(19)14-11-18(10-12-6-2-1-3-7-12)15-9-5-4-8-13(14)15/h1-9,11H,10H2. The van der Waals surface area contributed by atoms with E-state index in [9.17, 15) is 4.79 Å². The minimum Gasteiger partial charge on any atom is -0.342 e. The van der Waals surface area contributed by atoms with Crippen molar-refractivity contribution in [2.75, 3.05) is 0 Å². The first kappa shape index (κ1) is 11.8. The molecule has 0 N–H and O–H groups in total. The lowest BCUT2D eigenvalue weighted by Gasteiger charge is -2.05. The van der Waals surface area contributed by atoms with Crippen LogP contribution in [-0.2, 0) is 6.54 Å². The molecule has 0 saturated heterocycles. The highest BCUT2D eigenvalue weighted by Crippen LogP contribution is 2.22. The van der Waals surface area contributed by atoms with Gasteiger partial charge in [0.05, 0.1) is 0 Å². The van der Waals surface area contributed by atoms with Crippen LogP contribution in [0.3, 0.4) is 0 Å². The van der Waals surface area contributed by atoms with Gasteiger partial charge >= 0.3 is 0 Å². The first-order valence-electron chi connectivity index (χ1n) is 6.17. The number of carbonyl (C=O) groups excluding carboxylic acids is 1. The second-order valence-corrected chi connectivity index (χ2v) is 4.54. The zero-order valence-corrected chi connectivity index (χ0v) is 10.4.